The molecule has 0 spiro atoms. The van der Waals surface area contributed by atoms with Crippen LogP contribution >= 0.6 is 0 Å². The van der Waals surface area contributed by atoms with Crippen molar-refractivity contribution in [2.24, 2.45) is 23.7 Å². The lowest BCUT2D eigenvalue weighted by Gasteiger charge is -2.53. The molecule has 0 aliphatic heterocycles. The smallest absolute Gasteiger partial charge is 0.397 e. The summed E-state index contributed by atoms with van der Waals surface area (Å²) in [5.41, 5.74) is -0.353. The van der Waals surface area contributed by atoms with Gasteiger partial charge >= 0.3 is 12.1 Å². The molecular formula is C21H31F3NO4. The molecule has 165 valence electrons. The Morgan fingerprint density at radius 1 is 1.38 bits per heavy atom. The molecule has 2 aliphatic carbocycles. The quantitative estimate of drug-likeness (QED) is 0.548. The molecule has 0 bridgehead atoms. The van der Waals surface area contributed by atoms with Crippen molar-refractivity contribution in [2.75, 3.05) is 13.6 Å². The second-order valence-corrected chi connectivity index (χ2v) is 8.71. The van der Waals surface area contributed by atoms with E-state index in [0.717, 1.165) is 23.3 Å². The van der Waals surface area contributed by atoms with E-state index < -0.39 is 36.2 Å². The summed E-state index contributed by atoms with van der Waals surface area (Å²) in [4.78, 5) is 24.4. The van der Waals surface area contributed by atoms with Crippen LogP contribution < -0.4 is 0 Å². The third-order valence-corrected chi connectivity index (χ3v) is 6.39. The molecule has 5 nitrogen and oxygen atoms in total. The molecule has 6 atom stereocenters. The van der Waals surface area contributed by atoms with E-state index in [4.69, 9.17) is 4.74 Å². The summed E-state index contributed by atoms with van der Waals surface area (Å²) in [5, 5.41) is 11.5. The van der Waals surface area contributed by atoms with Crippen molar-refractivity contribution in [3.8, 4) is 0 Å². The number of carbonyl (C=O) groups excluding carboxylic acids is 2. The molecular weight excluding hydrogens is 387 g/mol. The van der Waals surface area contributed by atoms with E-state index in [1.54, 1.807) is 6.42 Å². The van der Waals surface area contributed by atoms with Gasteiger partial charge in [0.1, 0.15) is 12.5 Å². The molecule has 1 N–H and O–H groups in total. The molecule has 0 aromatic rings. The highest BCUT2D eigenvalue weighted by Gasteiger charge is 2.53. The first-order chi connectivity index (χ1) is 13.2. The van der Waals surface area contributed by atoms with Crippen molar-refractivity contribution in [3.05, 3.63) is 18.1 Å². The summed E-state index contributed by atoms with van der Waals surface area (Å²) in [5.74, 6) is -1.81. The first-order valence-corrected chi connectivity index (χ1v) is 9.99. The van der Waals surface area contributed by atoms with E-state index in [9.17, 15) is 27.9 Å². The fraction of sp³-hybridized carbons (Fsp3) is 0.762. The summed E-state index contributed by atoms with van der Waals surface area (Å²) in [6, 6.07) is 0. The largest absolute Gasteiger partial charge is 0.458 e. The molecule has 1 saturated carbocycles. The van der Waals surface area contributed by atoms with Crippen molar-refractivity contribution in [2.45, 2.75) is 64.8 Å². The maximum atomic E-state index is 12.5. The van der Waals surface area contributed by atoms with Crippen molar-refractivity contribution in [1.82, 2.24) is 4.90 Å². The molecule has 0 aromatic heterocycles. The van der Waals surface area contributed by atoms with Crippen LogP contribution in [-0.2, 0) is 14.3 Å². The Balaban J connectivity index is 2.18. The van der Waals surface area contributed by atoms with Gasteiger partial charge in [-0.1, -0.05) is 19.9 Å². The Morgan fingerprint density at radius 3 is 2.55 bits per heavy atom. The number of carbonyl (C=O) groups is 2. The SMILES string of the molecule is CC(=O)O[C@@H]1[CH][C@@]2(O)[C@H](C)CC[C@@H](C(C)CN(C)C(=O)CC(F)(F)F)[C@H]2C=C1C. The van der Waals surface area contributed by atoms with Crippen LogP contribution in [0.1, 0.15) is 47.0 Å². The monoisotopic (exact) mass is 418 g/mol. The number of hydrogen-bond acceptors (Lipinski definition) is 4. The van der Waals surface area contributed by atoms with Crippen molar-refractivity contribution >= 4 is 11.9 Å². The number of halogens is 3. The lowest BCUT2D eigenvalue weighted by atomic mass is 9.57. The number of hydrogen-bond donors (Lipinski definition) is 1. The van der Waals surface area contributed by atoms with Crippen molar-refractivity contribution in [3.63, 3.8) is 0 Å². The highest BCUT2D eigenvalue weighted by Crippen LogP contribution is 2.50. The third kappa shape index (κ3) is 5.53. The van der Waals surface area contributed by atoms with E-state index in [2.05, 4.69) is 0 Å². The van der Waals surface area contributed by atoms with Crippen LogP contribution in [0.15, 0.2) is 11.6 Å². The van der Waals surface area contributed by atoms with E-state index in [-0.39, 0.29) is 30.2 Å². The molecule has 0 heterocycles. The molecule has 1 fully saturated rings. The van der Waals surface area contributed by atoms with Gasteiger partial charge in [0.05, 0.1) is 5.60 Å². The predicted molar refractivity (Wildman–Crippen MR) is 101 cm³/mol. The highest BCUT2D eigenvalue weighted by molar-refractivity contribution is 5.76. The normalized spacial score (nSPS) is 33.3. The molecule has 8 heteroatoms. The molecule has 1 radical (unpaired) electrons. The fourth-order valence-corrected chi connectivity index (χ4v) is 4.73. The van der Waals surface area contributed by atoms with Crippen LogP contribution in [0, 0.1) is 30.1 Å². The molecule has 1 amide bonds. The standard InChI is InChI=1S/C21H31F3NO4/c1-12-8-17-16(13(2)11-25(5)19(27)10-21(22,23)24)7-6-14(3)20(17,28)9-18(12)29-15(4)26/h8-9,13-14,16-18,28H,6-7,10-11H2,1-5H3/t13?,14-,16+,17-,18-,20-/m1/s1. The fourth-order valence-electron chi connectivity index (χ4n) is 4.73. The van der Waals surface area contributed by atoms with Crippen LogP contribution in [0.5, 0.6) is 0 Å². The molecule has 0 aromatic carbocycles. The van der Waals surface area contributed by atoms with Gasteiger partial charge in [-0.3, -0.25) is 9.59 Å². The van der Waals surface area contributed by atoms with Crippen molar-refractivity contribution < 1.29 is 32.6 Å². The summed E-state index contributed by atoms with van der Waals surface area (Å²) < 4.78 is 42.9. The topological polar surface area (TPSA) is 66.8 Å². The zero-order valence-electron chi connectivity index (χ0n) is 17.6. The van der Waals surface area contributed by atoms with Crippen LogP contribution in [0.3, 0.4) is 0 Å². The molecule has 2 aliphatic rings. The van der Waals surface area contributed by atoms with Crippen LogP contribution in [0.4, 0.5) is 13.2 Å². The van der Waals surface area contributed by atoms with Crippen LogP contribution in [0.25, 0.3) is 0 Å². The lowest BCUT2D eigenvalue weighted by molar-refractivity contribution is -0.161. The van der Waals surface area contributed by atoms with E-state index in [0.29, 0.717) is 0 Å². The first kappa shape index (κ1) is 23.7. The second kappa shape index (κ2) is 8.66. The van der Waals surface area contributed by atoms with Gasteiger partial charge in [0, 0.05) is 32.9 Å². The van der Waals surface area contributed by atoms with Crippen LogP contribution in [-0.4, -0.2) is 53.4 Å². The molecule has 2 rings (SSSR count). The van der Waals surface area contributed by atoms with Gasteiger partial charge in [-0.25, -0.2) is 0 Å². The predicted octanol–water partition coefficient (Wildman–Crippen LogP) is 3.52. The number of esters is 1. The van der Waals surface area contributed by atoms with Gasteiger partial charge in [0.25, 0.3) is 0 Å². The Kier molecular flexibility index (Phi) is 7.08. The summed E-state index contributed by atoms with van der Waals surface area (Å²) in [6.07, 6.45) is -1.44. The third-order valence-electron chi connectivity index (χ3n) is 6.39. The van der Waals surface area contributed by atoms with Crippen LogP contribution in [0.2, 0.25) is 0 Å². The highest BCUT2D eigenvalue weighted by atomic mass is 19.4. The summed E-state index contributed by atoms with van der Waals surface area (Å²) in [6.45, 7) is 7.19. The number of alkyl halides is 3. The minimum Gasteiger partial charge on any atom is -0.458 e. The number of rotatable bonds is 5. The van der Waals surface area contributed by atoms with E-state index in [1.165, 1.54) is 14.0 Å². The minimum absolute atomic E-state index is 0.0122. The average molecular weight is 418 g/mol. The zero-order chi connectivity index (χ0) is 22.1. The van der Waals surface area contributed by atoms with E-state index >= 15 is 0 Å². The Labute approximate surface area is 170 Å². The maximum absolute atomic E-state index is 12.5. The Bertz CT molecular complexity index is 663. The van der Waals surface area contributed by atoms with Gasteiger partial charge in [0.2, 0.25) is 5.91 Å². The average Bonchev–Trinajstić information content (AvgIpc) is 2.55. The van der Waals surface area contributed by atoms with E-state index in [1.807, 2.05) is 26.8 Å². The van der Waals surface area contributed by atoms with Gasteiger partial charge in [0.15, 0.2) is 0 Å². The minimum atomic E-state index is -4.53. The molecule has 0 saturated heterocycles. The zero-order valence-corrected chi connectivity index (χ0v) is 17.6. The first-order valence-electron chi connectivity index (χ1n) is 9.99. The number of aliphatic hydroxyl groups is 1. The number of nitrogens with zero attached hydrogens (tertiary/aromatic N) is 1. The van der Waals surface area contributed by atoms with Gasteiger partial charge in [-0.15, -0.1) is 0 Å². The molecule has 29 heavy (non-hydrogen) atoms. The molecule has 1 unspecified atom stereocenters. The number of amides is 1. The number of fused-ring (bicyclic) bond motifs is 1. The van der Waals surface area contributed by atoms with Gasteiger partial charge in [-0.05, 0) is 43.1 Å². The summed E-state index contributed by atoms with van der Waals surface area (Å²) in [7, 11) is 1.38. The lowest BCUT2D eigenvalue weighted by Crippen LogP contribution is -2.56. The van der Waals surface area contributed by atoms with Gasteiger partial charge < -0.3 is 14.7 Å². The van der Waals surface area contributed by atoms with Gasteiger partial charge in [-0.2, -0.15) is 13.2 Å². The number of ether oxygens (including phenoxy) is 1. The second-order valence-electron chi connectivity index (χ2n) is 8.71. The Morgan fingerprint density at radius 2 is 2.00 bits per heavy atom. The van der Waals surface area contributed by atoms with Crippen molar-refractivity contribution in [1.29, 1.82) is 0 Å². The maximum Gasteiger partial charge on any atom is 0.397 e. The Hall–Kier alpha value is -1.57. The summed E-state index contributed by atoms with van der Waals surface area (Å²) >= 11 is 0.